The molecule has 1 aliphatic carbocycles. The van der Waals surface area contributed by atoms with Gasteiger partial charge in [-0.2, -0.15) is 0 Å². The first-order valence-electron chi connectivity index (χ1n) is 12.6. The summed E-state index contributed by atoms with van der Waals surface area (Å²) in [6.07, 6.45) is 3.09. The molecule has 3 aromatic carbocycles. The highest BCUT2D eigenvalue weighted by atomic mass is 35.5. The van der Waals surface area contributed by atoms with Gasteiger partial charge in [0.05, 0.1) is 6.67 Å². The van der Waals surface area contributed by atoms with Gasteiger partial charge >= 0.3 is 0 Å². The maximum Gasteiger partial charge on any atom is 0.188 e. The van der Waals surface area contributed by atoms with Crippen molar-refractivity contribution in [1.29, 1.82) is 0 Å². The van der Waals surface area contributed by atoms with E-state index in [1.807, 2.05) is 18.2 Å². The molecule has 2 aliphatic rings. The summed E-state index contributed by atoms with van der Waals surface area (Å²) in [5.41, 5.74) is 5.12. The van der Waals surface area contributed by atoms with Gasteiger partial charge in [-0.1, -0.05) is 53.5 Å². The second-order valence-corrected chi connectivity index (χ2v) is 10.8. The number of nitrogens with zero attached hydrogens (tertiary/aromatic N) is 1. The molecule has 0 saturated carbocycles. The lowest BCUT2D eigenvalue weighted by atomic mass is 9.86. The lowest BCUT2D eigenvalue weighted by Crippen LogP contribution is -2.47. The van der Waals surface area contributed by atoms with Crippen LogP contribution in [0, 0.1) is 17.6 Å². The summed E-state index contributed by atoms with van der Waals surface area (Å²) >= 11 is 12.7. The predicted octanol–water partition coefficient (Wildman–Crippen LogP) is 8.11. The van der Waals surface area contributed by atoms with Gasteiger partial charge in [-0.05, 0) is 95.2 Å². The second kappa shape index (κ2) is 11.1. The smallest absolute Gasteiger partial charge is 0.188 e. The summed E-state index contributed by atoms with van der Waals surface area (Å²) in [6, 6.07) is 14.6. The number of hydrogen-bond donors (Lipinski definition) is 1. The Morgan fingerprint density at radius 2 is 1.70 bits per heavy atom. The van der Waals surface area contributed by atoms with Crippen LogP contribution < -0.4 is 0 Å². The van der Waals surface area contributed by atoms with E-state index >= 15 is 4.39 Å². The number of rotatable bonds is 7. The van der Waals surface area contributed by atoms with Crippen LogP contribution in [-0.2, 0) is 12.8 Å². The number of phenols is 1. The number of benzene rings is 3. The molecule has 7 heteroatoms. The quantitative estimate of drug-likeness (QED) is 0.324. The summed E-state index contributed by atoms with van der Waals surface area (Å²) in [5.74, 6) is -2.30. The van der Waals surface area contributed by atoms with Crippen LogP contribution in [0.25, 0.3) is 11.1 Å². The third-order valence-electron chi connectivity index (χ3n) is 7.38. The fourth-order valence-corrected chi connectivity index (χ4v) is 6.11. The Bertz CT molecular complexity index is 1330. The second-order valence-electron chi connectivity index (χ2n) is 9.95. The molecule has 0 amide bonds. The van der Waals surface area contributed by atoms with Crippen LogP contribution in [0.2, 0.25) is 10.0 Å². The van der Waals surface area contributed by atoms with Gasteiger partial charge in [-0.3, -0.25) is 4.39 Å². The SMILES string of the molecule is Oc1c(F)cc2c(c1F)CCCC(c1ccc(Cl)cc1Cl)=C2c1ccc(CC2CN(CCCF)C2)cc1. The maximum atomic E-state index is 15.1. The zero-order valence-corrected chi connectivity index (χ0v) is 21.9. The average Bonchev–Trinajstić information content (AvgIpc) is 3.04. The fraction of sp³-hybridized carbons (Fsp3) is 0.333. The van der Waals surface area contributed by atoms with E-state index in [1.165, 1.54) is 11.6 Å². The van der Waals surface area contributed by atoms with Crippen molar-refractivity contribution in [2.24, 2.45) is 5.92 Å². The molecule has 5 rings (SSSR count). The molecule has 0 spiro atoms. The molecule has 3 aromatic rings. The van der Waals surface area contributed by atoms with Crippen LogP contribution >= 0.6 is 23.2 Å². The number of aromatic hydroxyl groups is 1. The van der Waals surface area contributed by atoms with Crippen LogP contribution in [0.1, 0.15) is 47.1 Å². The van der Waals surface area contributed by atoms with Crippen molar-refractivity contribution in [3.05, 3.63) is 98.0 Å². The third-order valence-corrected chi connectivity index (χ3v) is 7.93. The highest BCUT2D eigenvalue weighted by Crippen LogP contribution is 2.44. The maximum absolute atomic E-state index is 15.1. The Kier molecular flexibility index (Phi) is 7.85. The first-order valence-corrected chi connectivity index (χ1v) is 13.4. The normalized spacial score (nSPS) is 16.5. The largest absolute Gasteiger partial charge is 0.503 e. The summed E-state index contributed by atoms with van der Waals surface area (Å²) in [7, 11) is 0. The zero-order chi connectivity index (χ0) is 26.1. The van der Waals surface area contributed by atoms with Gasteiger partial charge in [-0.25, -0.2) is 8.78 Å². The van der Waals surface area contributed by atoms with E-state index in [0.29, 0.717) is 58.3 Å². The fourth-order valence-electron chi connectivity index (χ4n) is 5.59. The van der Waals surface area contributed by atoms with Crippen molar-refractivity contribution >= 4 is 34.3 Å². The van der Waals surface area contributed by atoms with Gasteiger partial charge < -0.3 is 10.0 Å². The van der Waals surface area contributed by atoms with Gasteiger partial charge in [0.2, 0.25) is 0 Å². The number of halogens is 5. The number of alkyl halides is 1. The van der Waals surface area contributed by atoms with Crippen LogP contribution in [0.5, 0.6) is 5.75 Å². The molecule has 37 heavy (non-hydrogen) atoms. The topological polar surface area (TPSA) is 23.5 Å². The number of fused-ring (bicyclic) bond motifs is 1. The highest BCUT2D eigenvalue weighted by molar-refractivity contribution is 6.36. The Balaban J connectivity index is 1.54. The van der Waals surface area contributed by atoms with E-state index in [2.05, 4.69) is 17.0 Å². The monoisotopic (exact) mass is 545 g/mol. The zero-order valence-electron chi connectivity index (χ0n) is 20.3. The van der Waals surface area contributed by atoms with Crippen molar-refractivity contribution in [3.8, 4) is 5.75 Å². The van der Waals surface area contributed by atoms with Gasteiger partial charge in [-0.15, -0.1) is 0 Å². The average molecular weight is 546 g/mol. The molecular weight excluding hydrogens is 518 g/mol. The van der Waals surface area contributed by atoms with Crippen molar-refractivity contribution < 1.29 is 18.3 Å². The molecule has 1 heterocycles. The first-order chi connectivity index (χ1) is 17.9. The lowest BCUT2D eigenvalue weighted by molar-refractivity contribution is 0.0968. The van der Waals surface area contributed by atoms with Gasteiger partial charge in [0.15, 0.2) is 17.4 Å². The molecule has 1 saturated heterocycles. The Morgan fingerprint density at radius 1 is 0.946 bits per heavy atom. The molecule has 194 valence electrons. The minimum absolute atomic E-state index is 0.280. The van der Waals surface area contributed by atoms with Crippen LogP contribution in [-0.4, -0.2) is 36.3 Å². The van der Waals surface area contributed by atoms with Gasteiger partial charge in [0.1, 0.15) is 0 Å². The van der Waals surface area contributed by atoms with Crippen LogP contribution in [0.15, 0.2) is 48.5 Å². The molecule has 0 aromatic heterocycles. The van der Waals surface area contributed by atoms with Crippen molar-refractivity contribution in [1.82, 2.24) is 4.90 Å². The van der Waals surface area contributed by atoms with E-state index in [1.54, 1.807) is 12.1 Å². The Labute approximate surface area is 225 Å². The van der Waals surface area contributed by atoms with E-state index in [9.17, 15) is 13.9 Å². The van der Waals surface area contributed by atoms with E-state index < -0.39 is 17.4 Å². The van der Waals surface area contributed by atoms with Crippen LogP contribution in [0.3, 0.4) is 0 Å². The van der Waals surface area contributed by atoms with Gasteiger partial charge in [0.25, 0.3) is 0 Å². The molecule has 1 N–H and O–H groups in total. The standard InChI is InChI=1S/C30H28Cl2F3NO/c31-21-9-10-22(26(32)14-21)23-3-1-4-24-25(15-27(34)30(37)29(24)35)28(23)20-7-5-18(6-8-20)13-19-16-36(17-19)12-2-11-33/h5-10,14-15,19,37H,1-4,11-13,16-17H2. The van der Waals surface area contributed by atoms with Crippen molar-refractivity contribution in [2.75, 3.05) is 26.3 Å². The predicted molar refractivity (Wildman–Crippen MR) is 144 cm³/mol. The minimum Gasteiger partial charge on any atom is -0.503 e. The molecule has 0 unspecified atom stereocenters. The Morgan fingerprint density at radius 3 is 2.41 bits per heavy atom. The Hall–Kier alpha value is -2.47. The molecule has 2 nitrogen and oxygen atoms in total. The summed E-state index contributed by atoms with van der Waals surface area (Å²) < 4.78 is 42.1. The molecular formula is C30H28Cl2F3NO. The van der Waals surface area contributed by atoms with Crippen molar-refractivity contribution in [2.45, 2.75) is 32.1 Å². The number of allylic oxidation sites excluding steroid dienone is 1. The van der Waals surface area contributed by atoms with Gasteiger partial charge in [0, 0.05) is 29.7 Å². The first kappa shape index (κ1) is 26.1. The molecule has 1 fully saturated rings. The van der Waals surface area contributed by atoms with E-state index in [4.69, 9.17) is 23.2 Å². The van der Waals surface area contributed by atoms with Crippen molar-refractivity contribution in [3.63, 3.8) is 0 Å². The lowest BCUT2D eigenvalue weighted by Gasteiger charge is -2.39. The molecule has 0 atom stereocenters. The summed E-state index contributed by atoms with van der Waals surface area (Å²) in [4.78, 5) is 2.27. The summed E-state index contributed by atoms with van der Waals surface area (Å²) in [5, 5.41) is 10.9. The third kappa shape index (κ3) is 5.41. The van der Waals surface area contributed by atoms with Crippen LogP contribution in [0.4, 0.5) is 13.2 Å². The highest BCUT2D eigenvalue weighted by Gasteiger charge is 2.28. The van der Waals surface area contributed by atoms with E-state index in [0.717, 1.165) is 42.8 Å². The molecule has 1 aliphatic heterocycles. The summed E-state index contributed by atoms with van der Waals surface area (Å²) in [6.45, 7) is 2.47. The minimum atomic E-state index is -0.990. The number of phenolic OH excluding ortho intramolecular Hbond substituents is 1. The molecule has 0 radical (unpaired) electrons. The van der Waals surface area contributed by atoms with E-state index in [-0.39, 0.29) is 6.67 Å². The molecule has 0 bridgehead atoms. The number of likely N-dealkylation sites (tertiary alicyclic amines) is 1. The number of hydrogen-bond acceptors (Lipinski definition) is 2.